The lowest BCUT2D eigenvalue weighted by Gasteiger charge is -2.34. The van der Waals surface area contributed by atoms with Crippen LogP contribution in [0.2, 0.25) is 0 Å². The molecule has 34 heavy (non-hydrogen) atoms. The van der Waals surface area contributed by atoms with Crippen molar-refractivity contribution in [1.82, 2.24) is 10.2 Å². The molecule has 8 nitrogen and oxygen atoms in total. The second-order valence-corrected chi connectivity index (χ2v) is 8.33. The van der Waals surface area contributed by atoms with Crippen LogP contribution in [0, 0.1) is 0 Å². The third-order valence-corrected chi connectivity index (χ3v) is 5.93. The van der Waals surface area contributed by atoms with E-state index in [1.807, 2.05) is 36.4 Å². The minimum Gasteiger partial charge on any atom is -0.394 e. The first kappa shape index (κ1) is 23.7. The van der Waals surface area contributed by atoms with Crippen molar-refractivity contribution in [2.75, 3.05) is 63.3 Å². The first-order chi connectivity index (χ1) is 16.5. The van der Waals surface area contributed by atoms with Crippen LogP contribution in [-0.4, -0.2) is 74.9 Å². The van der Waals surface area contributed by atoms with Crippen molar-refractivity contribution in [2.24, 2.45) is 0 Å². The average Bonchev–Trinajstić information content (AvgIpc) is 2.84. The number of hydrogen-bond acceptors (Lipinski definition) is 7. The van der Waals surface area contributed by atoms with Crippen LogP contribution in [0.15, 0.2) is 54.7 Å². The van der Waals surface area contributed by atoms with Crippen LogP contribution in [0.25, 0.3) is 11.6 Å². The van der Waals surface area contributed by atoms with Crippen molar-refractivity contribution >= 4 is 34.8 Å². The SMILES string of the molecule is CN1CCN(c2ccc(NC=C3C(=O)NC(=O)c4ccc(C=CCOCCO)cc43)cc2)CC1. The Labute approximate surface area is 199 Å². The number of aliphatic hydroxyl groups excluding tert-OH is 1. The first-order valence-corrected chi connectivity index (χ1v) is 11.4. The number of ether oxygens (including phenoxy) is 1. The Morgan fingerprint density at radius 3 is 2.53 bits per heavy atom. The van der Waals surface area contributed by atoms with Gasteiger partial charge in [0.15, 0.2) is 0 Å². The third-order valence-electron chi connectivity index (χ3n) is 5.93. The summed E-state index contributed by atoms with van der Waals surface area (Å²) in [5, 5.41) is 14.4. The highest BCUT2D eigenvalue weighted by Gasteiger charge is 2.27. The number of aliphatic hydroxyl groups is 1. The fourth-order valence-corrected chi connectivity index (χ4v) is 3.98. The number of piperazine rings is 1. The number of fused-ring (bicyclic) bond motifs is 1. The Bertz CT molecular complexity index is 1090. The van der Waals surface area contributed by atoms with Crippen LogP contribution in [0.1, 0.15) is 21.5 Å². The molecule has 8 heteroatoms. The van der Waals surface area contributed by atoms with Gasteiger partial charge in [-0.25, -0.2) is 0 Å². The number of amides is 2. The van der Waals surface area contributed by atoms with Gasteiger partial charge in [-0.05, 0) is 49.0 Å². The molecule has 2 aliphatic rings. The number of likely N-dealkylation sites (N-methyl/N-ethyl adjacent to an activating group) is 1. The van der Waals surface area contributed by atoms with Crippen molar-refractivity contribution in [1.29, 1.82) is 0 Å². The molecule has 0 radical (unpaired) electrons. The summed E-state index contributed by atoms with van der Waals surface area (Å²) in [5.74, 6) is -0.845. The standard InChI is InChI=1S/C26H30N4O4/c1-29-10-12-30(13-11-29)21-7-5-20(6-8-21)27-18-24-23-17-19(3-2-15-34-16-14-31)4-9-22(23)25(32)28-26(24)33/h2-9,17-18,27,31H,10-16H2,1H3,(H,28,32,33). The van der Waals surface area contributed by atoms with E-state index < -0.39 is 11.8 Å². The average molecular weight is 463 g/mol. The van der Waals surface area contributed by atoms with Crippen LogP contribution < -0.4 is 15.5 Å². The summed E-state index contributed by atoms with van der Waals surface area (Å²) < 4.78 is 5.23. The molecule has 0 unspecified atom stereocenters. The molecule has 0 spiro atoms. The van der Waals surface area contributed by atoms with Gasteiger partial charge in [-0.2, -0.15) is 0 Å². The Morgan fingerprint density at radius 2 is 1.79 bits per heavy atom. The highest BCUT2D eigenvalue weighted by Crippen LogP contribution is 2.27. The van der Waals surface area contributed by atoms with Crippen LogP contribution in [-0.2, 0) is 9.53 Å². The zero-order valence-corrected chi connectivity index (χ0v) is 19.3. The van der Waals surface area contributed by atoms with Gasteiger partial charge < -0.3 is 25.0 Å². The minimum absolute atomic E-state index is 0.0242. The number of hydrogen-bond donors (Lipinski definition) is 3. The molecular weight excluding hydrogens is 432 g/mol. The van der Waals surface area contributed by atoms with E-state index in [0.29, 0.717) is 23.3 Å². The van der Waals surface area contributed by atoms with Crippen LogP contribution in [0.3, 0.4) is 0 Å². The Kier molecular flexibility index (Phi) is 7.74. The predicted octanol–water partition coefficient (Wildman–Crippen LogP) is 2.18. The highest BCUT2D eigenvalue weighted by molar-refractivity contribution is 6.31. The van der Waals surface area contributed by atoms with Crippen LogP contribution in [0.4, 0.5) is 11.4 Å². The van der Waals surface area contributed by atoms with E-state index in [2.05, 4.69) is 39.6 Å². The van der Waals surface area contributed by atoms with Crippen LogP contribution >= 0.6 is 0 Å². The Hall–Kier alpha value is -3.46. The smallest absolute Gasteiger partial charge is 0.260 e. The summed E-state index contributed by atoms with van der Waals surface area (Å²) in [5.41, 5.74) is 4.30. The van der Waals surface area contributed by atoms with E-state index in [4.69, 9.17) is 9.84 Å². The maximum Gasteiger partial charge on any atom is 0.260 e. The normalized spacial score (nSPS) is 17.8. The molecule has 0 saturated carbocycles. The molecule has 2 aliphatic heterocycles. The number of anilines is 2. The maximum atomic E-state index is 12.6. The van der Waals surface area contributed by atoms with E-state index >= 15 is 0 Å². The van der Waals surface area contributed by atoms with E-state index in [-0.39, 0.29) is 13.2 Å². The number of rotatable bonds is 8. The van der Waals surface area contributed by atoms with Gasteiger partial charge >= 0.3 is 0 Å². The van der Waals surface area contributed by atoms with E-state index in [0.717, 1.165) is 37.4 Å². The minimum atomic E-state index is -0.438. The highest BCUT2D eigenvalue weighted by atomic mass is 16.5. The van der Waals surface area contributed by atoms with Gasteiger partial charge in [0.05, 0.1) is 25.4 Å². The zero-order valence-electron chi connectivity index (χ0n) is 19.3. The lowest BCUT2D eigenvalue weighted by Crippen LogP contribution is -2.44. The Morgan fingerprint density at radius 1 is 1.03 bits per heavy atom. The van der Waals surface area contributed by atoms with Crippen molar-refractivity contribution in [3.63, 3.8) is 0 Å². The van der Waals surface area contributed by atoms with Gasteiger partial charge in [0, 0.05) is 54.9 Å². The van der Waals surface area contributed by atoms with E-state index in [9.17, 15) is 9.59 Å². The summed E-state index contributed by atoms with van der Waals surface area (Å²) in [4.78, 5) is 29.6. The molecule has 2 aromatic carbocycles. The second-order valence-electron chi connectivity index (χ2n) is 8.33. The molecular formula is C26H30N4O4. The molecule has 2 heterocycles. The molecule has 0 bridgehead atoms. The number of imide groups is 1. The summed E-state index contributed by atoms with van der Waals surface area (Å²) in [6.07, 6.45) is 5.33. The lowest BCUT2D eigenvalue weighted by molar-refractivity contribution is -0.114. The van der Waals surface area contributed by atoms with Gasteiger partial charge in [-0.3, -0.25) is 14.9 Å². The predicted molar refractivity (Wildman–Crippen MR) is 134 cm³/mol. The monoisotopic (exact) mass is 462 g/mol. The molecule has 0 aliphatic carbocycles. The molecule has 0 atom stereocenters. The quantitative estimate of drug-likeness (QED) is 0.315. The number of benzene rings is 2. The molecule has 178 valence electrons. The van der Waals surface area contributed by atoms with Gasteiger partial charge in [0.1, 0.15) is 0 Å². The maximum absolute atomic E-state index is 12.6. The lowest BCUT2D eigenvalue weighted by atomic mass is 9.93. The van der Waals surface area contributed by atoms with Gasteiger partial charge in [-0.1, -0.05) is 18.2 Å². The summed E-state index contributed by atoms with van der Waals surface area (Å²) in [6.45, 7) is 4.72. The molecule has 1 fully saturated rings. The fourth-order valence-electron chi connectivity index (χ4n) is 3.98. The topological polar surface area (TPSA) is 94.1 Å². The molecule has 3 N–H and O–H groups in total. The van der Waals surface area contributed by atoms with Gasteiger partial charge in [0.2, 0.25) is 0 Å². The number of carbonyl (C=O) groups excluding carboxylic acids is 2. The number of nitrogens with zero attached hydrogens (tertiary/aromatic N) is 2. The number of carbonyl (C=O) groups is 2. The molecule has 2 aromatic rings. The zero-order chi connectivity index (χ0) is 23.9. The van der Waals surface area contributed by atoms with Crippen molar-refractivity contribution in [2.45, 2.75) is 0 Å². The second kappa shape index (κ2) is 11.1. The molecule has 1 saturated heterocycles. The van der Waals surface area contributed by atoms with Crippen LogP contribution in [0.5, 0.6) is 0 Å². The first-order valence-electron chi connectivity index (χ1n) is 11.4. The third kappa shape index (κ3) is 5.72. The van der Waals surface area contributed by atoms with Gasteiger partial charge in [0.25, 0.3) is 11.8 Å². The molecule has 4 rings (SSSR count). The summed E-state index contributed by atoms with van der Waals surface area (Å²) in [6, 6.07) is 13.5. The fraction of sp³-hybridized carbons (Fsp3) is 0.308. The van der Waals surface area contributed by atoms with Crippen molar-refractivity contribution in [3.8, 4) is 0 Å². The summed E-state index contributed by atoms with van der Waals surface area (Å²) >= 11 is 0. The molecule has 2 amide bonds. The van der Waals surface area contributed by atoms with E-state index in [1.54, 1.807) is 12.3 Å². The Balaban J connectivity index is 1.49. The van der Waals surface area contributed by atoms with Gasteiger partial charge in [-0.15, -0.1) is 0 Å². The largest absolute Gasteiger partial charge is 0.394 e. The molecule has 0 aromatic heterocycles. The number of nitrogens with one attached hydrogen (secondary N) is 2. The van der Waals surface area contributed by atoms with Crippen molar-refractivity contribution in [3.05, 3.63) is 71.4 Å². The van der Waals surface area contributed by atoms with E-state index in [1.165, 1.54) is 5.69 Å². The van der Waals surface area contributed by atoms with Crippen molar-refractivity contribution < 1.29 is 19.4 Å². The summed E-state index contributed by atoms with van der Waals surface area (Å²) in [7, 11) is 2.14.